The summed E-state index contributed by atoms with van der Waals surface area (Å²) in [5.74, 6) is 0.0629. The number of nitrogens with one attached hydrogen (secondary N) is 1. The molecule has 1 saturated heterocycles. The summed E-state index contributed by atoms with van der Waals surface area (Å²) in [4.78, 5) is 25.5. The van der Waals surface area contributed by atoms with E-state index in [1.165, 1.54) is 0 Å². The smallest absolute Gasteiger partial charge is 0.239 e. The summed E-state index contributed by atoms with van der Waals surface area (Å²) in [7, 11) is 1.62. The molecule has 0 aromatic rings. The molecule has 2 amide bonds. The number of likely N-dealkylation sites (tertiary alicyclic amines) is 1. The molecule has 0 aliphatic carbocycles. The van der Waals surface area contributed by atoms with E-state index in [1.807, 2.05) is 20.8 Å². The molecule has 17 heavy (non-hydrogen) atoms. The van der Waals surface area contributed by atoms with E-state index in [0.717, 1.165) is 0 Å². The van der Waals surface area contributed by atoms with Crippen LogP contribution < -0.4 is 11.1 Å². The van der Waals surface area contributed by atoms with Crippen molar-refractivity contribution in [3.8, 4) is 0 Å². The average Bonchev–Trinajstić information content (AvgIpc) is 2.70. The molecule has 3 N–H and O–H groups in total. The molecule has 5 heteroatoms. The van der Waals surface area contributed by atoms with Gasteiger partial charge >= 0.3 is 0 Å². The van der Waals surface area contributed by atoms with Crippen molar-refractivity contribution >= 4 is 11.8 Å². The molecule has 1 aliphatic rings. The Bertz CT molecular complexity index is 317. The average molecular weight is 241 g/mol. The van der Waals surface area contributed by atoms with Gasteiger partial charge in [-0.25, -0.2) is 0 Å². The minimum absolute atomic E-state index is 0.00841. The van der Waals surface area contributed by atoms with Gasteiger partial charge in [-0.05, 0) is 19.3 Å². The van der Waals surface area contributed by atoms with Crippen molar-refractivity contribution in [2.45, 2.75) is 33.2 Å². The van der Waals surface area contributed by atoms with Crippen molar-refractivity contribution in [3.05, 3.63) is 0 Å². The first kappa shape index (κ1) is 14.0. The number of carbonyl (C=O) groups is 2. The third-order valence-electron chi connectivity index (χ3n) is 3.56. The molecular weight excluding hydrogens is 218 g/mol. The van der Waals surface area contributed by atoms with Crippen LogP contribution in [0.2, 0.25) is 0 Å². The van der Waals surface area contributed by atoms with Crippen LogP contribution >= 0.6 is 0 Å². The molecule has 98 valence electrons. The van der Waals surface area contributed by atoms with Gasteiger partial charge in [0.05, 0.1) is 11.5 Å². The minimum Gasteiger partial charge on any atom is -0.359 e. The molecule has 1 aliphatic heterocycles. The van der Waals surface area contributed by atoms with E-state index in [2.05, 4.69) is 5.32 Å². The van der Waals surface area contributed by atoms with E-state index >= 15 is 0 Å². The molecule has 2 atom stereocenters. The van der Waals surface area contributed by atoms with Crippen molar-refractivity contribution in [2.24, 2.45) is 17.1 Å². The van der Waals surface area contributed by atoms with Gasteiger partial charge in [0.2, 0.25) is 11.8 Å². The van der Waals surface area contributed by atoms with Crippen LogP contribution in [0.3, 0.4) is 0 Å². The van der Waals surface area contributed by atoms with Gasteiger partial charge in [0.1, 0.15) is 0 Å². The summed E-state index contributed by atoms with van der Waals surface area (Å²) >= 11 is 0. The van der Waals surface area contributed by atoms with Crippen molar-refractivity contribution < 1.29 is 9.59 Å². The summed E-state index contributed by atoms with van der Waals surface area (Å²) in [5.41, 5.74) is 5.37. The van der Waals surface area contributed by atoms with E-state index in [1.54, 1.807) is 11.9 Å². The Hall–Kier alpha value is -1.10. The van der Waals surface area contributed by atoms with Crippen LogP contribution in [0.15, 0.2) is 0 Å². The van der Waals surface area contributed by atoms with Gasteiger partial charge in [0, 0.05) is 20.1 Å². The van der Waals surface area contributed by atoms with Crippen molar-refractivity contribution in [2.75, 3.05) is 20.1 Å². The largest absolute Gasteiger partial charge is 0.359 e. The van der Waals surface area contributed by atoms with E-state index in [-0.39, 0.29) is 17.7 Å². The highest BCUT2D eigenvalue weighted by molar-refractivity contribution is 5.86. The highest BCUT2D eigenvalue weighted by Crippen LogP contribution is 2.30. The predicted octanol–water partition coefficient (Wildman–Crippen LogP) is -0.0457. The summed E-state index contributed by atoms with van der Waals surface area (Å²) < 4.78 is 0. The maximum absolute atomic E-state index is 12.1. The fourth-order valence-electron chi connectivity index (χ4n) is 2.13. The number of carbonyl (C=O) groups excluding carboxylic acids is 2. The molecule has 1 fully saturated rings. The molecule has 1 unspecified atom stereocenters. The molecule has 5 nitrogen and oxygen atoms in total. The van der Waals surface area contributed by atoms with Gasteiger partial charge in [-0.15, -0.1) is 0 Å². The predicted molar refractivity (Wildman–Crippen MR) is 66.2 cm³/mol. The molecule has 0 radical (unpaired) electrons. The van der Waals surface area contributed by atoms with Crippen LogP contribution in [-0.4, -0.2) is 42.9 Å². The van der Waals surface area contributed by atoms with Gasteiger partial charge in [-0.3, -0.25) is 9.59 Å². The second-order valence-corrected chi connectivity index (χ2v) is 5.42. The second-order valence-electron chi connectivity index (χ2n) is 5.42. The lowest BCUT2D eigenvalue weighted by Gasteiger charge is -2.25. The summed E-state index contributed by atoms with van der Waals surface area (Å²) in [5, 5.41) is 2.65. The summed E-state index contributed by atoms with van der Waals surface area (Å²) in [6, 6.07) is -0.470. The highest BCUT2D eigenvalue weighted by Gasteiger charge is 2.42. The Labute approximate surface area is 103 Å². The molecule has 0 saturated carbocycles. The lowest BCUT2D eigenvalue weighted by Crippen LogP contribution is -2.47. The van der Waals surface area contributed by atoms with E-state index < -0.39 is 11.5 Å². The Morgan fingerprint density at radius 3 is 2.47 bits per heavy atom. The van der Waals surface area contributed by atoms with Crippen LogP contribution in [0, 0.1) is 11.3 Å². The molecule has 1 rings (SSSR count). The lowest BCUT2D eigenvalue weighted by atomic mass is 9.89. The molecule has 1 heterocycles. The fraction of sp³-hybridized carbons (Fsp3) is 0.833. The Morgan fingerprint density at radius 1 is 1.41 bits per heavy atom. The van der Waals surface area contributed by atoms with Gasteiger partial charge in [0.15, 0.2) is 0 Å². The van der Waals surface area contributed by atoms with Crippen LogP contribution in [0.1, 0.15) is 27.2 Å². The van der Waals surface area contributed by atoms with Crippen molar-refractivity contribution in [1.82, 2.24) is 10.2 Å². The zero-order valence-corrected chi connectivity index (χ0v) is 11.1. The Morgan fingerprint density at radius 2 is 2.00 bits per heavy atom. The maximum Gasteiger partial charge on any atom is 0.239 e. The first-order valence-electron chi connectivity index (χ1n) is 6.08. The van der Waals surface area contributed by atoms with Crippen LogP contribution in [0.4, 0.5) is 0 Å². The molecule has 0 spiro atoms. The number of hydrogen-bond acceptors (Lipinski definition) is 3. The number of nitrogens with zero attached hydrogens (tertiary/aromatic N) is 1. The van der Waals surface area contributed by atoms with Crippen LogP contribution in [0.5, 0.6) is 0 Å². The SMILES string of the molecule is CNC(=O)C1(C)CCN(C(=O)[C@@H](N)C(C)C)C1. The quantitative estimate of drug-likeness (QED) is 0.727. The number of rotatable bonds is 3. The van der Waals surface area contributed by atoms with E-state index in [9.17, 15) is 9.59 Å². The third-order valence-corrected chi connectivity index (χ3v) is 3.56. The summed E-state index contributed by atoms with van der Waals surface area (Å²) in [6.45, 7) is 6.82. The van der Waals surface area contributed by atoms with E-state index in [0.29, 0.717) is 19.5 Å². The first-order valence-corrected chi connectivity index (χ1v) is 6.08. The van der Waals surface area contributed by atoms with Gasteiger partial charge in [-0.2, -0.15) is 0 Å². The standard InChI is InChI=1S/C12H23N3O2/c1-8(2)9(13)10(16)15-6-5-12(3,7-15)11(17)14-4/h8-9H,5-7,13H2,1-4H3,(H,14,17)/t9-,12?/m0/s1. The normalized spacial score (nSPS) is 26.1. The zero-order valence-electron chi connectivity index (χ0n) is 11.1. The van der Waals surface area contributed by atoms with Crippen LogP contribution in [-0.2, 0) is 9.59 Å². The minimum atomic E-state index is -0.471. The topological polar surface area (TPSA) is 75.4 Å². The first-order chi connectivity index (χ1) is 7.81. The molecule has 0 aromatic heterocycles. The zero-order chi connectivity index (χ0) is 13.2. The van der Waals surface area contributed by atoms with Crippen LogP contribution in [0.25, 0.3) is 0 Å². The number of hydrogen-bond donors (Lipinski definition) is 2. The number of amides is 2. The number of nitrogens with two attached hydrogens (primary N) is 1. The van der Waals surface area contributed by atoms with Gasteiger partial charge in [-0.1, -0.05) is 13.8 Å². The Kier molecular flexibility index (Phi) is 4.14. The van der Waals surface area contributed by atoms with Gasteiger partial charge in [0.25, 0.3) is 0 Å². The van der Waals surface area contributed by atoms with E-state index in [4.69, 9.17) is 5.73 Å². The maximum atomic E-state index is 12.1. The monoisotopic (exact) mass is 241 g/mol. The third kappa shape index (κ3) is 2.77. The molecule has 0 aromatic carbocycles. The van der Waals surface area contributed by atoms with Crippen molar-refractivity contribution in [3.63, 3.8) is 0 Å². The molecule has 0 bridgehead atoms. The van der Waals surface area contributed by atoms with Crippen molar-refractivity contribution in [1.29, 1.82) is 0 Å². The second kappa shape index (κ2) is 5.04. The Balaban J connectivity index is 2.68. The fourth-order valence-corrected chi connectivity index (χ4v) is 2.13. The summed E-state index contributed by atoms with van der Waals surface area (Å²) in [6.07, 6.45) is 0.698. The molecular formula is C12H23N3O2. The lowest BCUT2D eigenvalue weighted by molar-refractivity contribution is -0.134. The highest BCUT2D eigenvalue weighted by atomic mass is 16.2. The van der Waals surface area contributed by atoms with Gasteiger partial charge < -0.3 is 16.0 Å².